The fourth-order valence-electron chi connectivity index (χ4n) is 4.76. The SMILES string of the molecule is CCOc1ccc([C@H]2[C@H](N3C(=O)c4ccc([N+](=O)[O-])cc4C3=O)C(=O)N2c2ccc(OCC)cc2)cc1. The van der Waals surface area contributed by atoms with Crippen molar-refractivity contribution in [1.82, 2.24) is 4.90 Å². The minimum Gasteiger partial charge on any atom is -0.494 e. The van der Waals surface area contributed by atoms with Gasteiger partial charge in [0, 0.05) is 17.8 Å². The van der Waals surface area contributed by atoms with Gasteiger partial charge in [-0.2, -0.15) is 0 Å². The highest BCUT2D eigenvalue weighted by Gasteiger charge is 2.57. The first-order valence-corrected chi connectivity index (χ1v) is 11.8. The lowest BCUT2D eigenvalue weighted by molar-refractivity contribution is -0.384. The van der Waals surface area contributed by atoms with E-state index in [1.54, 1.807) is 48.5 Å². The van der Waals surface area contributed by atoms with E-state index in [0.717, 1.165) is 11.0 Å². The number of benzene rings is 3. The normalized spacial score (nSPS) is 18.5. The summed E-state index contributed by atoms with van der Waals surface area (Å²) in [5.41, 5.74) is 0.923. The lowest BCUT2D eigenvalue weighted by Crippen LogP contribution is -2.67. The number of carbonyl (C=O) groups excluding carboxylic acids is 3. The summed E-state index contributed by atoms with van der Waals surface area (Å²) in [6.07, 6.45) is 0. The van der Waals surface area contributed by atoms with Gasteiger partial charge in [0.25, 0.3) is 23.4 Å². The quantitative estimate of drug-likeness (QED) is 0.197. The van der Waals surface area contributed by atoms with Crippen LogP contribution in [0.25, 0.3) is 0 Å². The maximum Gasteiger partial charge on any atom is 0.270 e. The average molecular weight is 501 g/mol. The number of ether oxygens (including phenoxy) is 2. The van der Waals surface area contributed by atoms with E-state index in [9.17, 15) is 24.5 Å². The Balaban J connectivity index is 1.53. The highest BCUT2D eigenvalue weighted by atomic mass is 16.6. The van der Waals surface area contributed by atoms with Crippen molar-refractivity contribution >= 4 is 29.1 Å². The Morgan fingerprint density at radius 1 is 0.757 bits per heavy atom. The molecule has 2 aliphatic heterocycles. The van der Waals surface area contributed by atoms with Crippen LogP contribution in [0.2, 0.25) is 0 Å². The molecule has 5 rings (SSSR count). The molecule has 0 N–H and O–H groups in total. The summed E-state index contributed by atoms with van der Waals surface area (Å²) in [4.78, 5) is 53.2. The Morgan fingerprint density at radius 2 is 1.32 bits per heavy atom. The highest BCUT2D eigenvalue weighted by molar-refractivity contribution is 6.25. The van der Waals surface area contributed by atoms with Crippen LogP contribution in [0.4, 0.5) is 11.4 Å². The lowest BCUT2D eigenvalue weighted by atomic mass is 9.86. The van der Waals surface area contributed by atoms with E-state index in [4.69, 9.17) is 9.47 Å². The molecule has 0 saturated carbocycles. The number of imide groups is 1. The number of fused-ring (bicyclic) bond motifs is 1. The van der Waals surface area contributed by atoms with Gasteiger partial charge < -0.3 is 14.4 Å². The van der Waals surface area contributed by atoms with Crippen molar-refractivity contribution in [2.75, 3.05) is 18.1 Å². The molecule has 1 saturated heterocycles. The Morgan fingerprint density at radius 3 is 1.89 bits per heavy atom. The van der Waals surface area contributed by atoms with Crippen molar-refractivity contribution in [2.24, 2.45) is 0 Å². The zero-order valence-corrected chi connectivity index (χ0v) is 20.1. The van der Waals surface area contributed by atoms with E-state index in [1.165, 1.54) is 17.0 Å². The van der Waals surface area contributed by atoms with Crippen LogP contribution in [0.3, 0.4) is 0 Å². The molecule has 37 heavy (non-hydrogen) atoms. The molecule has 3 aromatic carbocycles. The van der Waals surface area contributed by atoms with Crippen LogP contribution in [-0.4, -0.2) is 46.8 Å². The number of anilines is 1. The summed E-state index contributed by atoms with van der Waals surface area (Å²) in [5.74, 6) is -0.531. The van der Waals surface area contributed by atoms with E-state index in [-0.39, 0.29) is 16.8 Å². The highest BCUT2D eigenvalue weighted by Crippen LogP contribution is 2.45. The first-order valence-electron chi connectivity index (χ1n) is 11.8. The summed E-state index contributed by atoms with van der Waals surface area (Å²) >= 11 is 0. The molecule has 10 heteroatoms. The maximum absolute atomic E-state index is 13.5. The predicted molar refractivity (Wildman–Crippen MR) is 133 cm³/mol. The number of non-ortho nitro benzene ring substituents is 1. The molecular weight excluding hydrogens is 478 g/mol. The molecule has 10 nitrogen and oxygen atoms in total. The number of nitrogens with zero attached hydrogens (tertiary/aromatic N) is 3. The third-order valence-electron chi connectivity index (χ3n) is 6.42. The van der Waals surface area contributed by atoms with E-state index < -0.39 is 34.7 Å². The Labute approximate surface area is 212 Å². The first-order chi connectivity index (χ1) is 17.8. The molecule has 188 valence electrons. The lowest BCUT2D eigenvalue weighted by Gasteiger charge is -2.49. The van der Waals surface area contributed by atoms with Crippen LogP contribution in [-0.2, 0) is 4.79 Å². The van der Waals surface area contributed by atoms with Gasteiger partial charge in [-0.25, -0.2) is 0 Å². The van der Waals surface area contributed by atoms with Crippen molar-refractivity contribution in [3.8, 4) is 11.5 Å². The third-order valence-corrected chi connectivity index (χ3v) is 6.42. The maximum atomic E-state index is 13.5. The second-order valence-electron chi connectivity index (χ2n) is 8.49. The fourth-order valence-corrected chi connectivity index (χ4v) is 4.76. The molecule has 3 aromatic rings. The van der Waals surface area contributed by atoms with Crippen LogP contribution in [0.1, 0.15) is 46.2 Å². The summed E-state index contributed by atoms with van der Waals surface area (Å²) in [6, 6.07) is 15.8. The number of carbonyl (C=O) groups is 3. The van der Waals surface area contributed by atoms with Crippen LogP contribution in [0.5, 0.6) is 11.5 Å². The predicted octanol–water partition coefficient (Wildman–Crippen LogP) is 4.14. The van der Waals surface area contributed by atoms with Gasteiger partial charge in [0.1, 0.15) is 17.5 Å². The number of nitro groups is 1. The minimum atomic E-state index is -1.11. The Bertz CT molecular complexity index is 1400. The van der Waals surface area contributed by atoms with Crippen LogP contribution < -0.4 is 14.4 Å². The van der Waals surface area contributed by atoms with Crippen LogP contribution in [0, 0.1) is 10.1 Å². The smallest absolute Gasteiger partial charge is 0.270 e. The van der Waals surface area contributed by atoms with Gasteiger partial charge in [-0.1, -0.05) is 12.1 Å². The molecule has 0 unspecified atom stereocenters. The number of rotatable bonds is 8. The van der Waals surface area contributed by atoms with Crippen molar-refractivity contribution in [1.29, 1.82) is 0 Å². The van der Waals surface area contributed by atoms with Crippen molar-refractivity contribution in [3.63, 3.8) is 0 Å². The second kappa shape index (κ2) is 9.38. The van der Waals surface area contributed by atoms with Gasteiger partial charge >= 0.3 is 0 Å². The summed E-state index contributed by atoms with van der Waals surface area (Å²) in [7, 11) is 0. The molecule has 0 aromatic heterocycles. The first kappa shape index (κ1) is 24.0. The summed E-state index contributed by atoms with van der Waals surface area (Å²) in [5, 5.41) is 11.2. The Kier molecular flexibility index (Phi) is 6.08. The number of β-lactam (4-membered cyclic amide) rings is 1. The van der Waals surface area contributed by atoms with Crippen molar-refractivity contribution < 1.29 is 28.8 Å². The van der Waals surface area contributed by atoms with Gasteiger partial charge in [0.2, 0.25) is 0 Å². The zero-order valence-electron chi connectivity index (χ0n) is 20.1. The zero-order chi connectivity index (χ0) is 26.3. The van der Waals surface area contributed by atoms with Gasteiger partial charge in [-0.15, -0.1) is 0 Å². The summed E-state index contributed by atoms with van der Waals surface area (Å²) in [6.45, 7) is 4.73. The Hall–Kier alpha value is -4.73. The summed E-state index contributed by atoms with van der Waals surface area (Å²) < 4.78 is 11.0. The van der Waals surface area contributed by atoms with E-state index >= 15 is 0 Å². The van der Waals surface area contributed by atoms with E-state index in [0.29, 0.717) is 36.0 Å². The van der Waals surface area contributed by atoms with Crippen molar-refractivity contribution in [2.45, 2.75) is 25.9 Å². The van der Waals surface area contributed by atoms with Gasteiger partial charge in [0.15, 0.2) is 0 Å². The molecule has 0 radical (unpaired) electrons. The number of amides is 3. The van der Waals surface area contributed by atoms with Crippen LogP contribution >= 0.6 is 0 Å². The molecule has 0 aliphatic carbocycles. The molecule has 2 atom stereocenters. The van der Waals surface area contributed by atoms with E-state index in [1.807, 2.05) is 13.8 Å². The van der Waals surface area contributed by atoms with Crippen molar-refractivity contribution in [3.05, 3.63) is 93.5 Å². The van der Waals surface area contributed by atoms with Gasteiger partial charge in [0.05, 0.1) is 35.3 Å². The monoisotopic (exact) mass is 501 g/mol. The minimum absolute atomic E-state index is 0.0355. The van der Waals surface area contributed by atoms with Crippen LogP contribution in [0.15, 0.2) is 66.7 Å². The second-order valence-corrected chi connectivity index (χ2v) is 8.49. The molecule has 1 fully saturated rings. The molecule has 0 spiro atoms. The largest absolute Gasteiger partial charge is 0.494 e. The van der Waals surface area contributed by atoms with Gasteiger partial charge in [-0.3, -0.25) is 29.4 Å². The number of nitro benzene ring substituents is 1. The average Bonchev–Trinajstić information content (AvgIpc) is 3.14. The standard InChI is InChI=1S/C27H23N3O7/c1-3-36-19-10-5-16(6-11-19)23-24(27(33)28(23)17-7-12-20(13-8-17)37-4-2)29-25(31)21-14-9-18(30(34)35)15-22(21)26(29)32/h5-15,23-24H,3-4H2,1-2H3/t23-,24-/m0/s1. The van der Waals surface area contributed by atoms with E-state index in [2.05, 4.69) is 0 Å². The van der Waals surface area contributed by atoms with Gasteiger partial charge in [-0.05, 0) is 61.9 Å². The number of hydrogen-bond acceptors (Lipinski definition) is 7. The molecule has 2 heterocycles. The topological polar surface area (TPSA) is 119 Å². The molecule has 2 aliphatic rings. The molecule has 3 amide bonds. The fraction of sp³-hybridized carbons (Fsp3) is 0.222. The molecular formula is C27H23N3O7. The number of hydrogen-bond donors (Lipinski definition) is 0. The third kappa shape index (κ3) is 3.96. The molecule has 0 bridgehead atoms.